The highest BCUT2D eigenvalue weighted by molar-refractivity contribution is 7.92. The van der Waals surface area contributed by atoms with Gasteiger partial charge in [0.2, 0.25) is 0 Å². The smallest absolute Gasteiger partial charge is 0.335 e. The maximum atomic E-state index is 14.6. The molecule has 0 atom stereocenters. The van der Waals surface area contributed by atoms with Crippen LogP contribution in [0.25, 0.3) is 21.9 Å². The van der Waals surface area contributed by atoms with Crippen LogP contribution in [0.2, 0.25) is 0 Å². The van der Waals surface area contributed by atoms with E-state index in [1.807, 2.05) is 6.92 Å². The highest BCUT2D eigenvalue weighted by atomic mass is 32.2. The number of hydrogen-bond donors (Lipinski definition) is 2. The zero-order chi connectivity index (χ0) is 23.8. The van der Waals surface area contributed by atoms with Crippen molar-refractivity contribution in [3.05, 3.63) is 77.9 Å². The van der Waals surface area contributed by atoms with Gasteiger partial charge in [-0.3, -0.25) is 9.40 Å². The Morgan fingerprint density at radius 2 is 1.82 bits per heavy atom. The van der Waals surface area contributed by atoms with E-state index in [1.54, 1.807) is 48.0 Å². The SMILES string of the molecule is CCCn1ncc(S(=O)(=O)Nc2ccc(-c3cc(C(=O)O)ccc3F)c3ccccc23)c1C. The molecule has 0 spiro atoms. The molecule has 7 nitrogen and oxygen atoms in total. The predicted octanol–water partition coefficient (Wildman–Crippen LogP) is 5.06. The summed E-state index contributed by atoms with van der Waals surface area (Å²) in [6.07, 6.45) is 2.15. The molecular formula is C24H22FN3O4S. The van der Waals surface area contributed by atoms with Crippen LogP contribution in [-0.4, -0.2) is 29.3 Å². The van der Waals surface area contributed by atoms with Gasteiger partial charge in [-0.15, -0.1) is 0 Å². The van der Waals surface area contributed by atoms with Gasteiger partial charge in [-0.2, -0.15) is 5.10 Å². The molecule has 0 unspecified atom stereocenters. The summed E-state index contributed by atoms with van der Waals surface area (Å²) < 4.78 is 45.2. The van der Waals surface area contributed by atoms with Crippen molar-refractivity contribution >= 4 is 32.5 Å². The number of fused-ring (bicyclic) bond motifs is 1. The minimum absolute atomic E-state index is 0.0418. The second-order valence-corrected chi connectivity index (χ2v) is 9.28. The average molecular weight is 468 g/mol. The standard InChI is InChI=1S/C24H22FN3O4S/c1-3-12-28-15(2)23(14-26-28)33(31,32)27-22-11-9-18(17-6-4-5-7-19(17)22)20-13-16(24(29)30)8-10-21(20)25/h4-11,13-14,27H,3,12H2,1-2H3,(H,29,30). The van der Waals surface area contributed by atoms with Gasteiger partial charge in [0.05, 0.1) is 23.1 Å². The van der Waals surface area contributed by atoms with E-state index in [2.05, 4.69) is 9.82 Å². The Balaban J connectivity index is 1.81. The van der Waals surface area contributed by atoms with Gasteiger partial charge in [0.15, 0.2) is 0 Å². The number of sulfonamides is 1. The van der Waals surface area contributed by atoms with Gasteiger partial charge in [-0.1, -0.05) is 37.3 Å². The van der Waals surface area contributed by atoms with Crippen LogP contribution >= 0.6 is 0 Å². The number of halogens is 1. The van der Waals surface area contributed by atoms with Crippen LogP contribution in [0.1, 0.15) is 29.4 Å². The molecule has 0 aliphatic heterocycles. The number of carboxylic acids is 1. The van der Waals surface area contributed by atoms with Crippen LogP contribution in [0.3, 0.4) is 0 Å². The molecule has 0 aliphatic carbocycles. The summed E-state index contributed by atoms with van der Waals surface area (Å²) in [5, 5.41) is 14.6. The van der Waals surface area contributed by atoms with E-state index in [4.69, 9.17) is 0 Å². The number of hydrogen-bond acceptors (Lipinski definition) is 4. The van der Waals surface area contributed by atoms with Crippen molar-refractivity contribution in [3.8, 4) is 11.1 Å². The predicted molar refractivity (Wildman–Crippen MR) is 124 cm³/mol. The second-order valence-electron chi connectivity index (χ2n) is 7.63. The third kappa shape index (κ3) is 4.19. The highest BCUT2D eigenvalue weighted by Gasteiger charge is 2.22. The van der Waals surface area contributed by atoms with Gasteiger partial charge < -0.3 is 5.11 Å². The van der Waals surface area contributed by atoms with E-state index in [-0.39, 0.29) is 16.0 Å². The molecule has 1 heterocycles. The molecule has 2 N–H and O–H groups in total. The summed E-state index contributed by atoms with van der Waals surface area (Å²) in [6, 6.07) is 13.7. The number of benzene rings is 3. The molecule has 3 aromatic carbocycles. The number of nitrogens with one attached hydrogen (secondary N) is 1. The van der Waals surface area contributed by atoms with Gasteiger partial charge >= 0.3 is 5.97 Å². The monoisotopic (exact) mass is 467 g/mol. The molecule has 33 heavy (non-hydrogen) atoms. The third-order valence-corrected chi connectivity index (χ3v) is 6.92. The van der Waals surface area contributed by atoms with Crippen LogP contribution in [0, 0.1) is 12.7 Å². The minimum Gasteiger partial charge on any atom is -0.478 e. The van der Waals surface area contributed by atoms with E-state index >= 15 is 0 Å². The molecule has 0 bridgehead atoms. The molecule has 0 saturated carbocycles. The molecule has 0 fully saturated rings. The van der Waals surface area contributed by atoms with Crippen molar-refractivity contribution in [2.75, 3.05) is 4.72 Å². The Morgan fingerprint density at radius 1 is 1.09 bits per heavy atom. The lowest BCUT2D eigenvalue weighted by molar-refractivity contribution is 0.0697. The van der Waals surface area contributed by atoms with Crippen LogP contribution in [0.4, 0.5) is 10.1 Å². The normalized spacial score (nSPS) is 11.6. The van der Waals surface area contributed by atoms with Crippen molar-refractivity contribution in [2.24, 2.45) is 0 Å². The number of nitrogens with zero attached hydrogens (tertiary/aromatic N) is 2. The molecule has 170 valence electrons. The van der Waals surface area contributed by atoms with Gasteiger partial charge in [-0.05, 0) is 48.6 Å². The number of carboxylic acid groups (broad SMARTS) is 1. The summed E-state index contributed by atoms with van der Waals surface area (Å²) in [7, 11) is -3.92. The first-order valence-corrected chi connectivity index (χ1v) is 11.8. The van der Waals surface area contributed by atoms with Gasteiger partial charge in [0, 0.05) is 17.5 Å². The van der Waals surface area contributed by atoms with Crippen molar-refractivity contribution < 1.29 is 22.7 Å². The highest BCUT2D eigenvalue weighted by Crippen LogP contribution is 2.36. The maximum absolute atomic E-state index is 14.6. The van der Waals surface area contributed by atoms with E-state index < -0.39 is 21.8 Å². The molecule has 4 aromatic rings. The first-order chi connectivity index (χ1) is 15.7. The quantitative estimate of drug-likeness (QED) is 0.396. The second kappa shape index (κ2) is 8.67. The Kier molecular flexibility index (Phi) is 5.90. The largest absolute Gasteiger partial charge is 0.478 e. The molecule has 1 aromatic heterocycles. The van der Waals surface area contributed by atoms with Gasteiger partial charge in [-0.25, -0.2) is 17.6 Å². The van der Waals surface area contributed by atoms with Crippen LogP contribution in [-0.2, 0) is 16.6 Å². The Morgan fingerprint density at radius 3 is 2.52 bits per heavy atom. The fraction of sp³-hybridized carbons (Fsp3) is 0.167. The maximum Gasteiger partial charge on any atom is 0.335 e. The van der Waals surface area contributed by atoms with Crippen LogP contribution in [0.15, 0.2) is 65.7 Å². The first kappa shape index (κ1) is 22.5. The lowest BCUT2D eigenvalue weighted by Gasteiger charge is -2.14. The molecule has 9 heteroatoms. The first-order valence-electron chi connectivity index (χ1n) is 10.3. The summed E-state index contributed by atoms with van der Waals surface area (Å²) >= 11 is 0. The Bertz CT molecular complexity index is 1480. The molecule has 0 aliphatic rings. The number of anilines is 1. The fourth-order valence-electron chi connectivity index (χ4n) is 3.82. The van der Waals surface area contributed by atoms with Crippen LogP contribution < -0.4 is 4.72 Å². The summed E-state index contributed by atoms with van der Waals surface area (Å²) in [5.74, 6) is -1.73. The average Bonchev–Trinajstić information content (AvgIpc) is 3.16. The molecule has 0 saturated heterocycles. The van der Waals surface area contributed by atoms with Crippen molar-refractivity contribution in [2.45, 2.75) is 31.7 Å². The minimum atomic E-state index is -3.92. The molecular weight excluding hydrogens is 445 g/mol. The van der Waals surface area contributed by atoms with E-state index in [0.717, 1.165) is 12.5 Å². The summed E-state index contributed by atoms with van der Waals surface area (Å²) in [6.45, 7) is 4.30. The number of aromatic nitrogens is 2. The summed E-state index contributed by atoms with van der Waals surface area (Å²) in [5.41, 5.74) is 1.41. The van der Waals surface area contributed by atoms with Crippen LogP contribution in [0.5, 0.6) is 0 Å². The van der Waals surface area contributed by atoms with Crippen molar-refractivity contribution in [3.63, 3.8) is 0 Å². The van der Waals surface area contributed by atoms with Crippen molar-refractivity contribution in [1.29, 1.82) is 0 Å². The third-order valence-electron chi connectivity index (χ3n) is 5.45. The molecule has 0 radical (unpaired) electrons. The zero-order valence-electron chi connectivity index (χ0n) is 18.0. The zero-order valence-corrected chi connectivity index (χ0v) is 18.9. The topological polar surface area (TPSA) is 101 Å². The van der Waals surface area contributed by atoms with Gasteiger partial charge in [0.1, 0.15) is 10.7 Å². The van der Waals surface area contributed by atoms with Gasteiger partial charge in [0.25, 0.3) is 10.0 Å². The van der Waals surface area contributed by atoms with E-state index in [1.165, 1.54) is 18.3 Å². The lowest BCUT2D eigenvalue weighted by atomic mass is 9.95. The van der Waals surface area contributed by atoms with E-state index in [0.29, 0.717) is 34.3 Å². The number of aryl methyl sites for hydroxylation is 1. The summed E-state index contributed by atoms with van der Waals surface area (Å²) in [4.78, 5) is 11.5. The number of rotatable bonds is 7. The Labute approximate surface area is 190 Å². The molecule has 0 amide bonds. The van der Waals surface area contributed by atoms with Crippen molar-refractivity contribution in [1.82, 2.24) is 9.78 Å². The lowest BCUT2D eigenvalue weighted by Crippen LogP contribution is -2.14. The number of carbonyl (C=O) groups is 1. The fourth-order valence-corrected chi connectivity index (χ4v) is 5.08. The molecule has 4 rings (SSSR count). The Hall–Kier alpha value is -3.72. The number of aromatic carboxylic acids is 1. The van der Waals surface area contributed by atoms with E-state index in [9.17, 15) is 22.7 Å².